The fourth-order valence-corrected chi connectivity index (χ4v) is 2.48. The Balaban J connectivity index is 2.60. The largest absolute Gasteiger partial charge is 0.393 e. The number of hydrogen-bond donors (Lipinski definition) is 1. The van der Waals surface area contributed by atoms with Gasteiger partial charge in [0, 0.05) is 19.1 Å². The average Bonchev–Trinajstić information content (AvgIpc) is 2.73. The Labute approximate surface area is 109 Å². The summed E-state index contributed by atoms with van der Waals surface area (Å²) in [6.07, 6.45) is 2.73. The lowest BCUT2D eigenvalue weighted by atomic mass is 10.0. The normalized spacial score (nSPS) is 21.9. The summed E-state index contributed by atoms with van der Waals surface area (Å²) in [5.41, 5.74) is 5.66. The average molecular weight is 257 g/mol. The number of carbonyl (C=O) groups is 1. The van der Waals surface area contributed by atoms with Crippen molar-refractivity contribution in [2.24, 2.45) is 11.7 Å². The van der Waals surface area contributed by atoms with E-state index in [-0.39, 0.29) is 11.8 Å². The van der Waals surface area contributed by atoms with Gasteiger partial charge in [-0.25, -0.2) is 0 Å². The van der Waals surface area contributed by atoms with E-state index in [1.165, 1.54) is 0 Å². The Hall–Kier alpha value is -0.680. The lowest BCUT2D eigenvalue weighted by Gasteiger charge is -2.24. The maximum absolute atomic E-state index is 12.3. The summed E-state index contributed by atoms with van der Waals surface area (Å²) < 4.78 is 0. The summed E-state index contributed by atoms with van der Waals surface area (Å²) in [6.45, 7) is 3.67. The number of nitrogens with zero attached hydrogens (tertiary/aromatic N) is 2. The molecule has 2 N–H and O–H groups in total. The Morgan fingerprint density at radius 3 is 2.65 bits per heavy atom. The van der Waals surface area contributed by atoms with Crippen LogP contribution in [-0.4, -0.2) is 53.9 Å². The van der Waals surface area contributed by atoms with Gasteiger partial charge in [0.05, 0.1) is 10.9 Å². The van der Waals surface area contributed by atoms with Crippen LogP contribution in [0.3, 0.4) is 0 Å². The molecule has 0 aromatic heterocycles. The first-order chi connectivity index (χ1) is 7.97. The molecule has 0 bridgehead atoms. The predicted octanol–water partition coefficient (Wildman–Crippen LogP) is 0.851. The number of amides is 1. The van der Waals surface area contributed by atoms with Gasteiger partial charge in [0.25, 0.3) is 0 Å². The first-order valence-electron chi connectivity index (χ1n) is 6.21. The molecule has 17 heavy (non-hydrogen) atoms. The van der Waals surface area contributed by atoms with Crippen molar-refractivity contribution >= 4 is 23.1 Å². The molecule has 1 aliphatic heterocycles. The Morgan fingerprint density at radius 2 is 2.24 bits per heavy atom. The number of thiocarbonyl (C=S) groups is 1. The first-order valence-corrected chi connectivity index (χ1v) is 6.62. The molecule has 1 heterocycles. The van der Waals surface area contributed by atoms with Gasteiger partial charge in [-0.2, -0.15) is 0 Å². The molecule has 1 saturated heterocycles. The molecule has 1 aliphatic rings. The van der Waals surface area contributed by atoms with Crippen molar-refractivity contribution in [3.05, 3.63) is 0 Å². The monoisotopic (exact) mass is 257 g/mol. The molecule has 0 aromatic carbocycles. The second-order valence-electron chi connectivity index (χ2n) is 4.93. The van der Waals surface area contributed by atoms with Crippen LogP contribution in [0.5, 0.6) is 0 Å². The third-order valence-corrected chi connectivity index (χ3v) is 3.71. The third-order valence-electron chi connectivity index (χ3n) is 3.42. The molecule has 0 saturated carbocycles. The van der Waals surface area contributed by atoms with Crippen LogP contribution in [0.2, 0.25) is 0 Å². The zero-order valence-corrected chi connectivity index (χ0v) is 11.8. The predicted molar refractivity (Wildman–Crippen MR) is 73.9 cm³/mol. The first kappa shape index (κ1) is 14.4. The molecule has 1 rings (SSSR count). The highest BCUT2D eigenvalue weighted by Gasteiger charge is 2.32. The molecule has 1 fully saturated rings. The highest BCUT2D eigenvalue weighted by Crippen LogP contribution is 2.18. The van der Waals surface area contributed by atoms with Gasteiger partial charge in [0.2, 0.25) is 5.91 Å². The fraction of sp³-hybridized carbons (Fsp3) is 0.833. The van der Waals surface area contributed by atoms with Gasteiger partial charge < -0.3 is 15.5 Å². The molecular weight excluding hydrogens is 234 g/mol. The van der Waals surface area contributed by atoms with Crippen LogP contribution >= 0.6 is 12.2 Å². The maximum Gasteiger partial charge on any atom is 0.232 e. The number of hydrogen-bond acceptors (Lipinski definition) is 3. The zero-order valence-electron chi connectivity index (χ0n) is 11.0. The van der Waals surface area contributed by atoms with E-state index >= 15 is 0 Å². The molecule has 0 spiro atoms. The van der Waals surface area contributed by atoms with Gasteiger partial charge in [0.1, 0.15) is 0 Å². The van der Waals surface area contributed by atoms with E-state index in [9.17, 15) is 4.79 Å². The van der Waals surface area contributed by atoms with E-state index in [4.69, 9.17) is 18.0 Å². The lowest BCUT2D eigenvalue weighted by Crippen LogP contribution is -2.41. The number of rotatable bonds is 5. The van der Waals surface area contributed by atoms with Crippen molar-refractivity contribution in [1.82, 2.24) is 9.80 Å². The van der Waals surface area contributed by atoms with Gasteiger partial charge in [-0.1, -0.05) is 25.6 Å². The van der Waals surface area contributed by atoms with Crippen LogP contribution in [0.15, 0.2) is 0 Å². The van der Waals surface area contributed by atoms with Crippen LogP contribution in [0.1, 0.15) is 26.2 Å². The van der Waals surface area contributed by atoms with Crippen molar-refractivity contribution in [2.45, 2.75) is 32.2 Å². The second-order valence-corrected chi connectivity index (χ2v) is 5.41. The smallest absolute Gasteiger partial charge is 0.232 e. The van der Waals surface area contributed by atoms with Gasteiger partial charge in [-0.3, -0.25) is 4.79 Å². The Kier molecular flexibility index (Phi) is 5.33. The highest BCUT2D eigenvalue weighted by atomic mass is 32.1. The maximum atomic E-state index is 12.3. The van der Waals surface area contributed by atoms with Crippen molar-refractivity contribution in [3.8, 4) is 0 Å². The molecule has 2 atom stereocenters. The number of carbonyl (C=O) groups excluding carboxylic acids is 1. The van der Waals surface area contributed by atoms with E-state index in [0.29, 0.717) is 11.0 Å². The van der Waals surface area contributed by atoms with Crippen molar-refractivity contribution in [2.75, 3.05) is 27.2 Å². The minimum atomic E-state index is -0.268. The summed E-state index contributed by atoms with van der Waals surface area (Å²) in [4.78, 5) is 16.7. The van der Waals surface area contributed by atoms with Crippen molar-refractivity contribution < 1.29 is 4.79 Å². The molecular formula is C12H23N3OS. The van der Waals surface area contributed by atoms with Crippen LogP contribution in [0, 0.1) is 5.92 Å². The number of likely N-dealkylation sites (tertiary alicyclic amines) is 1. The van der Waals surface area contributed by atoms with E-state index in [0.717, 1.165) is 32.4 Å². The fourth-order valence-electron chi connectivity index (χ4n) is 2.26. The zero-order chi connectivity index (χ0) is 13.0. The Bertz CT molecular complexity index is 293. The van der Waals surface area contributed by atoms with Gasteiger partial charge in [0.15, 0.2) is 0 Å². The molecule has 1 amide bonds. The Morgan fingerprint density at radius 1 is 1.59 bits per heavy atom. The molecule has 0 aliphatic carbocycles. The SMILES string of the molecule is CCCC(C(=O)N1CCC(N(C)C)C1)C(N)=S. The summed E-state index contributed by atoms with van der Waals surface area (Å²) in [7, 11) is 4.10. The molecule has 2 unspecified atom stereocenters. The third kappa shape index (κ3) is 3.64. The van der Waals surface area contributed by atoms with Crippen LogP contribution in [0.25, 0.3) is 0 Å². The molecule has 98 valence electrons. The molecule has 4 nitrogen and oxygen atoms in total. The standard InChI is InChI=1S/C12H23N3OS/c1-4-5-10(11(13)17)12(16)15-7-6-9(8-15)14(2)3/h9-10H,4-8H2,1-3H3,(H2,13,17). The quantitative estimate of drug-likeness (QED) is 0.742. The minimum absolute atomic E-state index is 0.115. The van der Waals surface area contributed by atoms with Crippen LogP contribution in [0.4, 0.5) is 0 Å². The van der Waals surface area contributed by atoms with Crippen LogP contribution in [-0.2, 0) is 4.79 Å². The summed E-state index contributed by atoms with van der Waals surface area (Å²) in [6, 6.07) is 0.465. The van der Waals surface area contributed by atoms with Gasteiger partial charge in [-0.15, -0.1) is 0 Å². The highest BCUT2D eigenvalue weighted by molar-refractivity contribution is 7.80. The van der Waals surface area contributed by atoms with Crippen molar-refractivity contribution in [1.29, 1.82) is 0 Å². The number of nitrogens with two attached hydrogens (primary N) is 1. The molecule has 5 heteroatoms. The lowest BCUT2D eigenvalue weighted by molar-refractivity contribution is -0.132. The number of likely N-dealkylation sites (N-methyl/N-ethyl adjacent to an activating group) is 1. The summed E-state index contributed by atoms with van der Waals surface area (Å²) >= 11 is 5.00. The van der Waals surface area contributed by atoms with Gasteiger partial charge >= 0.3 is 0 Å². The molecule has 0 aromatic rings. The van der Waals surface area contributed by atoms with E-state index in [2.05, 4.69) is 19.0 Å². The van der Waals surface area contributed by atoms with Gasteiger partial charge in [-0.05, 0) is 26.9 Å². The van der Waals surface area contributed by atoms with Crippen molar-refractivity contribution in [3.63, 3.8) is 0 Å². The van der Waals surface area contributed by atoms with Crippen LogP contribution < -0.4 is 5.73 Å². The van der Waals surface area contributed by atoms with E-state index in [1.807, 2.05) is 11.8 Å². The molecule has 0 radical (unpaired) electrons. The second kappa shape index (κ2) is 6.31. The minimum Gasteiger partial charge on any atom is -0.393 e. The van der Waals surface area contributed by atoms with E-state index in [1.54, 1.807) is 0 Å². The summed E-state index contributed by atoms with van der Waals surface area (Å²) in [5, 5.41) is 0. The topological polar surface area (TPSA) is 49.6 Å². The van der Waals surface area contributed by atoms with E-state index < -0.39 is 0 Å². The summed E-state index contributed by atoms with van der Waals surface area (Å²) in [5.74, 6) is -0.153.